The van der Waals surface area contributed by atoms with Gasteiger partial charge in [0.05, 0.1) is 21.5 Å². The number of benzene rings is 1. The van der Waals surface area contributed by atoms with E-state index in [1.807, 2.05) is 6.92 Å². The van der Waals surface area contributed by atoms with Gasteiger partial charge in [0.25, 0.3) is 10.0 Å². The second kappa shape index (κ2) is 6.53. The summed E-state index contributed by atoms with van der Waals surface area (Å²) < 4.78 is 33.0. The highest BCUT2D eigenvalue weighted by Crippen LogP contribution is 2.30. The summed E-state index contributed by atoms with van der Waals surface area (Å²) in [5.41, 5.74) is 1.36. The molecule has 1 heterocycles. The molecule has 0 bridgehead atoms. The Balaban J connectivity index is 2.31. The highest BCUT2D eigenvalue weighted by molar-refractivity contribution is 8.19. The number of thioether (sulfide) groups is 1. The molecule has 2 rings (SSSR count). The Labute approximate surface area is 133 Å². The molecule has 0 radical (unpaired) electrons. The van der Waals surface area contributed by atoms with Crippen molar-refractivity contribution >= 4 is 32.7 Å². The zero-order valence-corrected chi connectivity index (χ0v) is 14.0. The smallest absolute Gasteiger partial charge is 0.284 e. The lowest BCUT2D eigenvalue weighted by atomic mass is 10.2. The van der Waals surface area contributed by atoms with Crippen LogP contribution < -0.4 is 5.11 Å². The van der Waals surface area contributed by atoms with Crippen molar-refractivity contribution in [2.45, 2.75) is 25.7 Å². The number of nitrogens with zero attached hydrogens (tertiary/aromatic N) is 2. The van der Waals surface area contributed by atoms with Gasteiger partial charge in [-0.3, -0.25) is 0 Å². The summed E-state index contributed by atoms with van der Waals surface area (Å²) in [7, 11) is -3.85. The van der Waals surface area contributed by atoms with Gasteiger partial charge in [-0.1, -0.05) is 24.6 Å². The SMILES string of the molecule is CCOC([O-])=C1SC(=NS(=O)(=O)c2ccc(C)cc2)N=C1C. The molecule has 0 aromatic heterocycles. The second-order valence-electron chi connectivity index (χ2n) is 4.51. The van der Waals surface area contributed by atoms with Crippen LogP contribution in [-0.4, -0.2) is 25.9 Å². The van der Waals surface area contributed by atoms with Crippen LogP contribution in [-0.2, 0) is 14.8 Å². The van der Waals surface area contributed by atoms with E-state index >= 15 is 0 Å². The predicted octanol–water partition coefficient (Wildman–Crippen LogP) is 1.81. The average molecular weight is 339 g/mol. The maximum atomic E-state index is 12.2. The molecule has 0 fully saturated rings. The summed E-state index contributed by atoms with van der Waals surface area (Å²) in [4.78, 5) is 4.36. The molecule has 0 spiro atoms. The topological polar surface area (TPSA) is 91.1 Å². The van der Waals surface area contributed by atoms with Crippen molar-refractivity contribution in [1.82, 2.24) is 0 Å². The van der Waals surface area contributed by atoms with Crippen LogP contribution in [0.5, 0.6) is 0 Å². The molecule has 0 saturated carbocycles. The summed E-state index contributed by atoms with van der Waals surface area (Å²) in [5, 5.41) is 11.7. The van der Waals surface area contributed by atoms with Crippen LogP contribution >= 0.6 is 11.8 Å². The van der Waals surface area contributed by atoms with Crippen LogP contribution in [0.3, 0.4) is 0 Å². The van der Waals surface area contributed by atoms with Crippen molar-refractivity contribution in [3.63, 3.8) is 0 Å². The Bertz CT molecular complexity index is 763. The number of aryl methyl sites for hydroxylation is 1. The van der Waals surface area contributed by atoms with Gasteiger partial charge in [-0.05, 0) is 44.3 Å². The van der Waals surface area contributed by atoms with Crippen molar-refractivity contribution < 1.29 is 18.3 Å². The van der Waals surface area contributed by atoms with Crippen LogP contribution in [0.4, 0.5) is 0 Å². The molecule has 22 heavy (non-hydrogen) atoms. The molecule has 0 N–H and O–H groups in total. The van der Waals surface area contributed by atoms with E-state index in [0.29, 0.717) is 5.71 Å². The van der Waals surface area contributed by atoms with E-state index in [4.69, 9.17) is 4.74 Å². The second-order valence-corrected chi connectivity index (χ2v) is 7.09. The first kappa shape index (κ1) is 16.6. The highest BCUT2D eigenvalue weighted by Gasteiger charge is 2.22. The lowest BCUT2D eigenvalue weighted by molar-refractivity contribution is -0.356. The summed E-state index contributed by atoms with van der Waals surface area (Å²) in [6.07, 6.45) is 0. The van der Waals surface area contributed by atoms with E-state index in [9.17, 15) is 13.5 Å². The van der Waals surface area contributed by atoms with Crippen LogP contribution in [0.15, 0.2) is 49.4 Å². The van der Waals surface area contributed by atoms with Crippen molar-refractivity contribution in [2.75, 3.05) is 6.61 Å². The molecule has 1 aliphatic rings. The molecule has 0 unspecified atom stereocenters. The standard InChI is InChI=1S/C14H16N2O4S2/c1-4-20-13(17)12-10(3)15-14(21-12)16-22(18,19)11-7-5-9(2)6-8-11/h5-8,17H,4H2,1-3H3/p-1. The molecule has 0 saturated heterocycles. The Morgan fingerprint density at radius 1 is 1.32 bits per heavy atom. The van der Waals surface area contributed by atoms with Crippen molar-refractivity contribution in [3.05, 3.63) is 40.7 Å². The molecule has 0 aliphatic carbocycles. The van der Waals surface area contributed by atoms with Crippen LogP contribution in [0.2, 0.25) is 0 Å². The van der Waals surface area contributed by atoms with Crippen molar-refractivity contribution in [2.24, 2.45) is 9.39 Å². The minimum absolute atomic E-state index is 0.0149. The van der Waals surface area contributed by atoms with E-state index in [1.165, 1.54) is 12.1 Å². The number of ether oxygens (including phenoxy) is 1. The maximum absolute atomic E-state index is 12.2. The highest BCUT2D eigenvalue weighted by atomic mass is 32.2. The average Bonchev–Trinajstić information content (AvgIpc) is 2.79. The molecule has 1 aromatic rings. The first-order valence-electron chi connectivity index (χ1n) is 6.52. The van der Waals surface area contributed by atoms with Gasteiger partial charge in [0.2, 0.25) is 5.17 Å². The molecule has 6 nitrogen and oxygen atoms in total. The van der Waals surface area contributed by atoms with Gasteiger partial charge in [-0.15, -0.1) is 4.40 Å². The Morgan fingerprint density at radius 3 is 2.55 bits per heavy atom. The van der Waals surface area contributed by atoms with E-state index in [1.54, 1.807) is 26.0 Å². The maximum Gasteiger partial charge on any atom is 0.284 e. The third-order valence-corrected chi connectivity index (χ3v) is 5.19. The summed E-state index contributed by atoms with van der Waals surface area (Å²) in [5.74, 6) is -0.522. The lowest BCUT2D eigenvalue weighted by Crippen LogP contribution is -2.12. The van der Waals surface area contributed by atoms with Crippen molar-refractivity contribution in [3.8, 4) is 0 Å². The monoisotopic (exact) mass is 339 g/mol. The molecule has 118 valence electrons. The van der Waals surface area contributed by atoms with Crippen LogP contribution in [0, 0.1) is 6.92 Å². The Hall–Kier alpha value is -1.80. The third kappa shape index (κ3) is 3.69. The normalized spacial score (nSPS) is 19.2. The number of hydrogen-bond donors (Lipinski definition) is 0. The third-order valence-electron chi connectivity index (χ3n) is 2.76. The first-order chi connectivity index (χ1) is 10.3. The Morgan fingerprint density at radius 2 is 1.95 bits per heavy atom. The minimum Gasteiger partial charge on any atom is -0.613 e. The van der Waals surface area contributed by atoms with Crippen LogP contribution in [0.1, 0.15) is 19.4 Å². The lowest BCUT2D eigenvalue weighted by Gasteiger charge is -2.14. The minimum atomic E-state index is -3.85. The fraction of sp³-hybridized carbons (Fsp3) is 0.286. The molecule has 1 aliphatic heterocycles. The van der Waals surface area contributed by atoms with Gasteiger partial charge < -0.3 is 9.84 Å². The van der Waals surface area contributed by atoms with E-state index in [-0.39, 0.29) is 21.6 Å². The summed E-state index contributed by atoms with van der Waals surface area (Å²) in [6, 6.07) is 6.36. The number of allylic oxidation sites excluding steroid dienone is 1. The van der Waals surface area contributed by atoms with Crippen LogP contribution in [0.25, 0.3) is 0 Å². The van der Waals surface area contributed by atoms with E-state index in [2.05, 4.69) is 9.39 Å². The fourth-order valence-corrected chi connectivity index (χ4v) is 3.65. The van der Waals surface area contributed by atoms with Gasteiger partial charge in [0, 0.05) is 0 Å². The molecular formula is C14H15N2O4S2-. The quantitative estimate of drug-likeness (QED) is 0.780. The molecule has 0 amide bonds. The molecule has 8 heteroatoms. The largest absolute Gasteiger partial charge is 0.613 e. The molecule has 1 aromatic carbocycles. The number of sulfonamides is 1. The number of aliphatic imine (C=N–C) groups is 1. The van der Waals surface area contributed by atoms with E-state index in [0.717, 1.165) is 17.3 Å². The number of hydrogen-bond acceptors (Lipinski definition) is 5. The number of amidine groups is 1. The van der Waals surface area contributed by atoms with Gasteiger partial charge in [0.1, 0.15) is 0 Å². The van der Waals surface area contributed by atoms with E-state index < -0.39 is 16.0 Å². The molecule has 0 atom stereocenters. The zero-order chi connectivity index (χ0) is 16.3. The summed E-state index contributed by atoms with van der Waals surface area (Å²) in [6.45, 7) is 5.41. The van der Waals surface area contributed by atoms with Gasteiger partial charge in [-0.2, -0.15) is 8.42 Å². The predicted molar refractivity (Wildman–Crippen MR) is 85.2 cm³/mol. The summed E-state index contributed by atoms with van der Waals surface area (Å²) >= 11 is 0.901. The molecular weight excluding hydrogens is 324 g/mol. The Kier molecular flexibility index (Phi) is 4.92. The first-order valence-corrected chi connectivity index (χ1v) is 8.78. The number of rotatable bonds is 4. The zero-order valence-electron chi connectivity index (χ0n) is 12.4. The van der Waals surface area contributed by atoms with Gasteiger partial charge >= 0.3 is 0 Å². The van der Waals surface area contributed by atoms with Gasteiger partial charge in [-0.25, -0.2) is 4.99 Å². The fourth-order valence-electron chi connectivity index (χ4n) is 1.67. The van der Waals surface area contributed by atoms with Gasteiger partial charge in [0.15, 0.2) is 0 Å². The van der Waals surface area contributed by atoms with Crippen molar-refractivity contribution in [1.29, 1.82) is 0 Å².